The Kier molecular flexibility index (Phi) is 7.71. The van der Waals surface area contributed by atoms with Crippen molar-refractivity contribution in [3.63, 3.8) is 0 Å². The van der Waals surface area contributed by atoms with Gasteiger partial charge in [0, 0.05) is 30.1 Å². The summed E-state index contributed by atoms with van der Waals surface area (Å²) < 4.78 is 23.9. The van der Waals surface area contributed by atoms with Crippen LogP contribution in [0.25, 0.3) is 0 Å². The van der Waals surface area contributed by atoms with Gasteiger partial charge in [0.15, 0.2) is 11.0 Å². The Morgan fingerprint density at radius 2 is 1.88 bits per heavy atom. The smallest absolute Gasteiger partial charge is 0.413 e. The summed E-state index contributed by atoms with van der Waals surface area (Å²) in [6.07, 6.45) is 5.85. The molecule has 41 heavy (non-hydrogen) atoms. The van der Waals surface area contributed by atoms with Crippen LogP contribution in [0.15, 0.2) is 48.1 Å². The lowest BCUT2D eigenvalue weighted by Gasteiger charge is -2.34. The number of fused-ring (bicyclic) bond motifs is 1. The third-order valence-electron chi connectivity index (χ3n) is 6.30. The Morgan fingerprint density at radius 1 is 1.10 bits per heavy atom. The van der Waals surface area contributed by atoms with Gasteiger partial charge in [-0.2, -0.15) is 0 Å². The molecule has 15 heteroatoms. The second-order valence-electron chi connectivity index (χ2n) is 10.4. The summed E-state index contributed by atoms with van der Waals surface area (Å²) in [4.78, 5) is 53.3. The number of aromatic nitrogens is 5. The number of nitrogens with one attached hydrogen (secondary N) is 2. The van der Waals surface area contributed by atoms with Crippen molar-refractivity contribution in [1.82, 2.24) is 30.2 Å². The number of amides is 2. The summed E-state index contributed by atoms with van der Waals surface area (Å²) >= 11 is 1.39. The molecule has 5 heterocycles. The first kappa shape index (κ1) is 28.1. The maximum absolute atomic E-state index is 13.5. The van der Waals surface area contributed by atoms with Gasteiger partial charge in [0.25, 0.3) is 5.91 Å². The first-order valence-corrected chi connectivity index (χ1v) is 13.6. The molecule has 5 rings (SSSR count). The van der Waals surface area contributed by atoms with E-state index in [4.69, 9.17) is 14.5 Å². The first-order chi connectivity index (χ1) is 19.5. The third-order valence-corrected chi connectivity index (χ3v) is 7.33. The molecule has 13 nitrogen and oxygen atoms in total. The van der Waals surface area contributed by atoms with Gasteiger partial charge < -0.3 is 19.7 Å². The highest BCUT2D eigenvalue weighted by Gasteiger charge is 2.52. The molecule has 0 radical (unpaired) electrons. The molecule has 2 atom stereocenters. The number of alkyl carbamates (subject to hydrolysis) is 1. The van der Waals surface area contributed by atoms with Crippen LogP contribution in [-0.2, 0) is 10.3 Å². The Morgan fingerprint density at radius 3 is 2.56 bits per heavy atom. The van der Waals surface area contributed by atoms with Crippen LogP contribution in [0, 0.1) is 11.7 Å². The molecule has 2 N–H and O–H groups in total. The van der Waals surface area contributed by atoms with Gasteiger partial charge >= 0.3 is 6.09 Å². The van der Waals surface area contributed by atoms with Gasteiger partial charge in [-0.3, -0.25) is 15.1 Å². The number of anilines is 2. The molecular weight excluding hydrogens is 553 g/mol. The molecule has 214 valence electrons. The maximum atomic E-state index is 13.5. The highest BCUT2D eigenvalue weighted by Crippen LogP contribution is 2.46. The molecule has 0 aliphatic carbocycles. The average Bonchev–Trinajstić information content (AvgIpc) is 3.33. The Bertz CT molecular complexity index is 1470. The summed E-state index contributed by atoms with van der Waals surface area (Å²) in [6, 6.07) is 3.39. The molecule has 3 aromatic heterocycles. The molecule has 0 saturated carbocycles. The van der Waals surface area contributed by atoms with E-state index >= 15 is 0 Å². The molecule has 2 aliphatic heterocycles. The normalized spacial score (nSPS) is 20.1. The third kappa shape index (κ3) is 6.34. The van der Waals surface area contributed by atoms with E-state index in [1.54, 1.807) is 39.1 Å². The van der Waals surface area contributed by atoms with E-state index in [0.29, 0.717) is 41.3 Å². The van der Waals surface area contributed by atoms with Crippen molar-refractivity contribution in [3.05, 3.63) is 60.3 Å². The average molecular weight is 582 g/mol. The van der Waals surface area contributed by atoms with Gasteiger partial charge in [0.05, 0.1) is 44.1 Å². The van der Waals surface area contributed by atoms with Crippen molar-refractivity contribution in [3.8, 4) is 5.88 Å². The molecule has 0 aromatic carbocycles. The number of amidine groups is 1. The standard InChI is InChI=1S/C26H28FN9O4S/c1-25(2,3)40-24(38)34-23-35-26(14-36(12-15(26)13-41-23)22-31-8-16(27)9-32-22)19-7-17(5-6-28-19)33-21(37)18-10-30-20(39-4)11-29-18/h5-11,15H,12-14H2,1-4H3,(H,28,33,37)(H,34,35,38)/t15-,26?/m0/s1. The number of nitrogens with zero attached hydrogens (tertiary/aromatic N) is 7. The zero-order valence-corrected chi connectivity index (χ0v) is 23.6. The van der Waals surface area contributed by atoms with Gasteiger partial charge in [0.2, 0.25) is 11.8 Å². The summed E-state index contributed by atoms with van der Waals surface area (Å²) in [7, 11) is 1.46. The molecular formula is C26H28FN9O4S. The zero-order chi connectivity index (χ0) is 29.2. The summed E-state index contributed by atoms with van der Waals surface area (Å²) in [5.41, 5.74) is -0.478. The van der Waals surface area contributed by atoms with Crippen molar-refractivity contribution in [2.24, 2.45) is 10.9 Å². The molecule has 3 aromatic rings. The van der Waals surface area contributed by atoms with Crippen LogP contribution in [0.2, 0.25) is 0 Å². The fourth-order valence-corrected chi connectivity index (χ4v) is 5.64. The van der Waals surface area contributed by atoms with Crippen LogP contribution < -0.4 is 20.3 Å². The van der Waals surface area contributed by atoms with Crippen LogP contribution in [0.3, 0.4) is 0 Å². The first-order valence-electron chi connectivity index (χ1n) is 12.6. The van der Waals surface area contributed by atoms with E-state index in [0.717, 1.165) is 12.4 Å². The number of aliphatic imine (C=N–C) groups is 1. The highest BCUT2D eigenvalue weighted by atomic mass is 32.2. The quantitative estimate of drug-likeness (QED) is 0.456. The van der Waals surface area contributed by atoms with Crippen molar-refractivity contribution in [2.45, 2.75) is 31.9 Å². The van der Waals surface area contributed by atoms with Crippen molar-refractivity contribution < 1.29 is 23.5 Å². The van der Waals surface area contributed by atoms with Gasteiger partial charge in [-0.05, 0) is 32.9 Å². The van der Waals surface area contributed by atoms with Crippen LogP contribution >= 0.6 is 11.8 Å². The number of ether oxygens (including phenoxy) is 2. The largest absolute Gasteiger partial charge is 0.480 e. The van der Waals surface area contributed by atoms with Crippen molar-refractivity contribution in [2.75, 3.05) is 36.2 Å². The molecule has 1 fully saturated rings. The second kappa shape index (κ2) is 11.2. The number of rotatable bonds is 5. The van der Waals surface area contributed by atoms with Crippen LogP contribution in [0.5, 0.6) is 5.88 Å². The number of methoxy groups -OCH3 is 1. The minimum Gasteiger partial charge on any atom is -0.480 e. The van der Waals surface area contributed by atoms with E-state index in [9.17, 15) is 14.0 Å². The highest BCUT2D eigenvalue weighted by molar-refractivity contribution is 8.13. The number of hydrogen-bond donors (Lipinski definition) is 2. The van der Waals surface area contributed by atoms with E-state index in [1.165, 1.54) is 31.3 Å². The lowest BCUT2D eigenvalue weighted by Crippen LogP contribution is -2.44. The molecule has 1 unspecified atom stereocenters. The fraction of sp³-hybridized carbons (Fsp3) is 0.385. The zero-order valence-electron chi connectivity index (χ0n) is 22.8. The molecule has 2 amide bonds. The fourth-order valence-electron chi connectivity index (χ4n) is 4.51. The lowest BCUT2D eigenvalue weighted by atomic mass is 9.85. The summed E-state index contributed by atoms with van der Waals surface area (Å²) in [5, 5.41) is 5.95. The number of carbonyl (C=O) groups excluding carboxylic acids is 2. The maximum Gasteiger partial charge on any atom is 0.413 e. The van der Waals surface area contributed by atoms with Gasteiger partial charge in [-0.15, -0.1) is 0 Å². The number of carbonyl (C=O) groups is 2. The monoisotopic (exact) mass is 581 g/mol. The van der Waals surface area contributed by atoms with Crippen molar-refractivity contribution in [1.29, 1.82) is 0 Å². The minimum atomic E-state index is -0.937. The topological polar surface area (TPSA) is 157 Å². The lowest BCUT2D eigenvalue weighted by molar-refractivity contribution is 0.0563. The number of pyridine rings is 1. The van der Waals surface area contributed by atoms with Crippen molar-refractivity contribution >= 4 is 40.6 Å². The Hall–Kier alpha value is -4.40. The van der Waals surface area contributed by atoms with E-state index in [2.05, 4.69) is 35.6 Å². The molecule has 0 bridgehead atoms. The number of hydrogen-bond acceptors (Lipinski definition) is 12. The van der Waals surface area contributed by atoms with E-state index < -0.39 is 29.0 Å². The predicted octanol–water partition coefficient (Wildman–Crippen LogP) is 3.02. The predicted molar refractivity (Wildman–Crippen MR) is 149 cm³/mol. The van der Waals surface area contributed by atoms with Gasteiger partial charge in [-0.25, -0.2) is 34.1 Å². The van der Waals surface area contributed by atoms with E-state index in [-0.39, 0.29) is 17.5 Å². The molecule has 2 aliphatic rings. The number of thioether (sulfide) groups is 1. The van der Waals surface area contributed by atoms with E-state index in [1.807, 2.05) is 4.90 Å². The Balaban J connectivity index is 1.47. The van der Waals surface area contributed by atoms with Gasteiger partial charge in [0.1, 0.15) is 16.8 Å². The van der Waals surface area contributed by atoms with Crippen LogP contribution in [-0.4, -0.2) is 73.6 Å². The number of halogens is 1. The van der Waals surface area contributed by atoms with Crippen LogP contribution in [0.1, 0.15) is 37.0 Å². The molecule has 0 spiro atoms. The summed E-state index contributed by atoms with van der Waals surface area (Å²) in [6.45, 7) is 6.15. The molecule has 1 saturated heterocycles. The summed E-state index contributed by atoms with van der Waals surface area (Å²) in [5.74, 6) is 0.156. The second-order valence-corrected chi connectivity index (χ2v) is 11.4. The van der Waals surface area contributed by atoms with Gasteiger partial charge in [-0.1, -0.05) is 11.8 Å². The SMILES string of the molecule is COc1cnc(C(=O)Nc2ccnc(C34CN(c5ncc(F)cn5)C[C@H]3CSC(NC(=O)OC(C)(C)C)=N4)c2)cn1. The minimum absolute atomic E-state index is 0.0729. The Labute approximate surface area is 239 Å². The van der Waals surface area contributed by atoms with Crippen LogP contribution in [0.4, 0.5) is 20.8 Å².